The molecule has 122 valence electrons. The van der Waals surface area contributed by atoms with Crippen molar-refractivity contribution in [3.8, 4) is 5.69 Å². The van der Waals surface area contributed by atoms with Gasteiger partial charge in [0.05, 0.1) is 11.4 Å². The van der Waals surface area contributed by atoms with Crippen LogP contribution in [0.3, 0.4) is 0 Å². The summed E-state index contributed by atoms with van der Waals surface area (Å²) in [5.41, 5.74) is 1.82. The zero-order valence-corrected chi connectivity index (χ0v) is 14.4. The largest absolute Gasteiger partial charge is 0.334 e. The summed E-state index contributed by atoms with van der Waals surface area (Å²) in [7, 11) is 0. The number of carbonyl (C=O) groups is 1. The summed E-state index contributed by atoms with van der Waals surface area (Å²) in [6, 6.07) is 7.65. The number of hydrogen-bond donors (Lipinski definition) is 0. The zero-order chi connectivity index (χ0) is 16.6. The lowest BCUT2D eigenvalue weighted by atomic mass is 10.2. The Morgan fingerprint density at radius 1 is 1.39 bits per heavy atom. The highest BCUT2D eigenvalue weighted by atomic mass is 35.5. The average molecular weight is 333 g/mol. The summed E-state index contributed by atoms with van der Waals surface area (Å²) >= 11 is 6.02. The van der Waals surface area contributed by atoms with E-state index in [1.807, 2.05) is 24.0 Å². The molecule has 1 fully saturated rings. The zero-order valence-electron chi connectivity index (χ0n) is 13.7. The molecular weight excluding hydrogens is 312 g/mol. The van der Waals surface area contributed by atoms with Gasteiger partial charge >= 0.3 is 0 Å². The first-order chi connectivity index (χ1) is 11.0. The van der Waals surface area contributed by atoms with Gasteiger partial charge in [-0.2, -0.15) is 9.90 Å². The second-order valence-corrected chi connectivity index (χ2v) is 6.92. The standard InChI is InChI=1S/C17H21ClN4O/c1-11(2)10-21(14-7-8-14)17(23)16-12(3)19-22(20-16)15-6-4-5-13(18)9-15/h4-6,9,11,14H,7-8,10H2,1-3H3. The molecule has 1 aromatic heterocycles. The topological polar surface area (TPSA) is 51.0 Å². The third kappa shape index (κ3) is 3.55. The smallest absolute Gasteiger partial charge is 0.276 e. The Hall–Kier alpha value is -1.88. The molecule has 0 N–H and O–H groups in total. The number of halogens is 1. The van der Waals surface area contributed by atoms with Gasteiger partial charge in [0.2, 0.25) is 0 Å². The molecule has 1 aliphatic carbocycles. The van der Waals surface area contributed by atoms with Gasteiger partial charge in [0.15, 0.2) is 5.69 Å². The molecule has 0 saturated heterocycles. The minimum atomic E-state index is -0.0213. The maximum atomic E-state index is 12.9. The second-order valence-electron chi connectivity index (χ2n) is 6.49. The van der Waals surface area contributed by atoms with E-state index in [0.717, 1.165) is 25.1 Å². The molecule has 1 aromatic carbocycles. The van der Waals surface area contributed by atoms with Gasteiger partial charge in [-0.1, -0.05) is 31.5 Å². The Labute approximate surface area is 141 Å². The van der Waals surface area contributed by atoms with Gasteiger partial charge in [0, 0.05) is 17.6 Å². The summed E-state index contributed by atoms with van der Waals surface area (Å²) in [5.74, 6) is 0.412. The van der Waals surface area contributed by atoms with Crippen LogP contribution in [0.2, 0.25) is 5.02 Å². The number of aryl methyl sites for hydroxylation is 1. The Morgan fingerprint density at radius 3 is 2.74 bits per heavy atom. The maximum Gasteiger partial charge on any atom is 0.276 e. The molecule has 5 nitrogen and oxygen atoms in total. The SMILES string of the molecule is Cc1nn(-c2cccc(Cl)c2)nc1C(=O)N(CC(C)C)C1CC1. The third-order valence-corrected chi connectivity index (χ3v) is 4.07. The normalized spacial score (nSPS) is 14.3. The summed E-state index contributed by atoms with van der Waals surface area (Å²) in [6.45, 7) is 6.82. The van der Waals surface area contributed by atoms with Gasteiger partial charge in [0.25, 0.3) is 5.91 Å². The molecule has 6 heteroatoms. The predicted octanol–water partition coefficient (Wildman–Crippen LogP) is 3.49. The lowest BCUT2D eigenvalue weighted by Crippen LogP contribution is -2.36. The highest BCUT2D eigenvalue weighted by Crippen LogP contribution is 2.29. The first-order valence-electron chi connectivity index (χ1n) is 7.96. The molecule has 0 bridgehead atoms. The van der Waals surface area contributed by atoms with Crippen molar-refractivity contribution in [1.82, 2.24) is 19.9 Å². The van der Waals surface area contributed by atoms with Crippen molar-refractivity contribution in [2.75, 3.05) is 6.54 Å². The minimum Gasteiger partial charge on any atom is -0.334 e. The number of benzene rings is 1. The molecule has 1 saturated carbocycles. The molecular formula is C17H21ClN4O. The molecule has 0 atom stereocenters. The summed E-state index contributed by atoms with van der Waals surface area (Å²) < 4.78 is 0. The van der Waals surface area contributed by atoms with Crippen LogP contribution < -0.4 is 0 Å². The van der Waals surface area contributed by atoms with Crippen LogP contribution in [0, 0.1) is 12.8 Å². The molecule has 23 heavy (non-hydrogen) atoms. The molecule has 0 unspecified atom stereocenters. The van der Waals surface area contributed by atoms with Crippen LogP contribution in [0.4, 0.5) is 0 Å². The van der Waals surface area contributed by atoms with Crippen LogP contribution in [0.25, 0.3) is 5.69 Å². The van der Waals surface area contributed by atoms with Crippen molar-refractivity contribution in [1.29, 1.82) is 0 Å². The highest BCUT2D eigenvalue weighted by Gasteiger charge is 2.35. The van der Waals surface area contributed by atoms with E-state index in [0.29, 0.717) is 28.4 Å². The van der Waals surface area contributed by atoms with Crippen LogP contribution in [0.5, 0.6) is 0 Å². The molecule has 0 spiro atoms. The Bertz CT molecular complexity index is 721. The van der Waals surface area contributed by atoms with Crippen LogP contribution in [0.1, 0.15) is 42.9 Å². The fourth-order valence-electron chi connectivity index (χ4n) is 2.61. The van der Waals surface area contributed by atoms with Gasteiger partial charge in [-0.05, 0) is 43.9 Å². The quantitative estimate of drug-likeness (QED) is 0.842. The predicted molar refractivity (Wildman–Crippen MR) is 90.0 cm³/mol. The van der Waals surface area contributed by atoms with E-state index in [1.54, 1.807) is 12.1 Å². The minimum absolute atomic E-state index is 0.0213. The van der Waals surface area contributed by atoms with Crippen LogP contribution in [0.15, 0.2) is 24.3 Å². The van der Waals surface area contributed by atoms with E-state index in [2.05, 4.69) is 24.0 Å². The number of hydrogen-bond acceptors (Lipinski definition) is 3. The van der Waals surface area contributed by atoms with E-state index in [9.17, 15) is 4.79 Å². The van der Waals surface area contributed by atoms with E-state index >= 15 is 0 Å². The van der Waals surface area contributed by atoms with Crippen molar-refractivity contribution in [3.05, 3.63) is 40.7 Å². The number of carbonyl (C=O) groups excluding carboxylic acids is 1. The number of nitrogens with zero attached hydrogens (tertiary/aromatic N) is 4. The fourth-order valence-corrected chi connectivity index (χ4v) is 2.79. The van der Waals surface area contributed by atoms with Gasteiger partial charge in [-0.15, -0.1) is 5.10 Å². The van der Waals surface area contributed by atoms with Gasteiger partial charge in [-0.25, -0.2) is 0 Å². The summed E-state index contributed by atoms with van der Waals surface area (Å²) in [4.78, 5) is 16.3. The van der Waals surface area contributed by atoms with Crippen LogP contribution >= 0.6 is 11.6 Å². The first kappa shape index (κ1) is 16.0. The first-order valence-corrected chi connectivity index (χ1v) is 8.34. The second kappa shape index (κ2) is 6.32. The van der Waals surface area contributed by atoms with E-state index in [-0.39, 0.29) is 5.91 Å². The van der Waals surface area contributed by atoms with Gasteiger partial charge < -0.3 is 4.90 Å². The van der Waals surface area contributed by atoms with Crippen molar-refractivity contribution in [2.24, 2.45) is 5.92 Å². The lowest BCUT2D eigenvalue weighted by molar-refractivity contribution is 0.0715. The Morgan fingerprint density at radius 2 is 2.13 bits per heavy atom. The average Bonchev–Trinajstić information content (AvgIpc) is 3.26. The van der Waals surface area contributed by atoms with E-state index < -0.39 is 0 Å². The molecule has 2 aromatic rings. The lowest BCUT2D eigenvalue weighted by Gasteiger charge is -2.23. The fraction of sp³-hybridized carbons (Fsp3) is 0.471. The molecule has 1 amide bonds. The van der Waals surface area contributed by atoms with Crippen molar-refractivity contribution >= 4 is 17.5 Å². The van der Waals surface area contributed by atoms with Gasteiger partial charge in [-0.3, -0.25) is 4.79 Å². The van der Waals surface area contributed by atoms with Crippen LogP contribution in [-0.4, -0.2) is 38.4 Å². The monoisotopic (exact) mass is 332 g/mol. The molecule has 0 radical (unpaired) electrons. The maximum absolute atomic E-state index is 12.9. The highest BCUT2D eigenvalue weighted by molar-refractivity contribution is 6.30. The molecule has 1 heterocycles. The molecule has 3 rings (SSSR count). The van der Waals surface area contributed by atoms with Crippen molar-refractivity contribution in [2.45, 2.75) is 39.7 Å². The summed E-state index contributed by atoms with van der Waals surface area (Å²) in [6.07, 6.45) is 2.17. The van der Waals surface area contributed by atoms with Crippen molar-refractivity contribution in [3.63, 3.8) is 0 Å². The van der Waals surface area contributed by atoms with Crippen LogP contribution in [-0.2, 0) is 0 Å². The third-order valence-electron chi connectivity index (χ3n) is 3.83. The van der Waals surface area contributed by atoms with Gasteiger partial charge in [0.1, 0.15) is 0 Å². The summed E-state index contributed by atoms with van der Waals surface area (Å²) in [5, 5.41) is 9.41. The van der Waals surface area contributed by atoms with Crippen molar-refractivity contribution < 1.29 is 4.79 Å². The number of aromatic nitrogens is 3. The van der Waals surface area contributed by atoms with E-state index in [1.165, 1.54) is 4.80 Å². The molecule has 1 aliphatic rings. The number of amides is 1. The number of rotatable bonds is 5. The molecule has 0 aliphatic heterocycles. The Balaban J connectivity index is 1.89. The van der Waals surface area contributed by atoms with E-state index in [4.69, 9.17) is 11.6 Å². The Kier molecular flexibility index (Phi) is 4.39.